The van der Waals surface area contributed by atoms with E-state index in [0.29, 0.717) is 5.52 Å². The van der Waals surface area contributed by atoms with Crippen molar-refractivity contribution in [2.45, 2.75) is 44.2 Å². The molecule has 3 aromatic rings. The summed E-state index contributed by atoms with van der Waals surface area (Å²) in [6.45, 7) is 3.98. The Kier molecular flexibility index (Phi) is 5.36. The predicted octanol–water partition coefficient (Wildman–Crippen LogP) is 1.72. The number of nitrogen functional groups attached to an aromatic ring is 1. The molecular weight excluding hydrogens is 396 g/mol. The van der Waals surface area contributed by atoms with Crippen LogP contribution in [0.3, 0.4) is 0 Å². The molecule has 1 fully saturated rings. The minimum absolute atomic E-state index is 0.0118. The van der Waals surface area contributed by atoms with Gasteiger partial charge in [0.15, 0.2) is 5.82 Å². The molecule has 4 rings (SSSR count). The van der Waals surface area contributed by atoms with E-state index in [4.69, 9.17) is 16.2 Å². The Labute approximate surface area is 179 Å². The molecule has 162 valence electrons. The summed E-state index contributed by atoms with van der Waals surface area (Å²) in [5.41, 5.74) is 13.1. The molecule has 0 saturated carbocycles. The average molecular weight is 422 g/mol. The van der Waals surface area contributed by atoms with Crippen LogP contribution in [0.4, 0.5) is 5.82 Å². The second-order valence-electron chi connectivity index (χ2n) is 8.34. The number of nitrogens with two attached hydrogens (primary N) is 2. The number of ether oxygens (including phenoxy) is 1. The lowest BCUT2D eigenvalue weighted by atomic mass is 9.85. The highest BCUT2D eigenvalue weighted by atomic mass is 16.5. The smallest absolute Gasteiger partial charge is 0.316 e. The number of nitrogens with zero attached hydrogens (tertiary/aromatic N) is 3. The molecule has 1 amide bonds. The van der Waals surface area contributed by atoms with Crippen molar-refractivity contribution < 1.29 is 14.3 Å². The van der Waals surface area contributed by atoms with Crippen LogP contribution in [-0.2, 0) is 14.9 Å². The number of fused-ring (bicyclic) bond motifs is 1. The number of primary amides is 1. The van der Waals surface area contributed by atoms with E-state index in [-0.39, 0.29) is 36.0 Å². The van der Waals surface area contributed by atoms with Crippen LogP contribution in [0.2, 0.25) is 0 Å². The zero-order valence-electron chi connectivity index (χ0n) is 17.5. The maximum absolute atomic E-state index is 12.7. The summed E-state index contributed by atoms with van der Waals surface area (Å²) in [5.74, 6) is -0.660. The van der Waals surface area contributed by atoms with Crippen LogP contribution in [0.25, 0.3) is 5.52 Å². The molecule has 3 heterocycles. The Bertz CT molecular complexity index is 1120. The van der Waals surface area contributed by atoms with Crippen LogP contribution in [0.1, 0.15) is 54.3 Å². The Morgan fingerprint density at radius 2 is 2.00 bits per heavy atom. The summed E-state index contributed by atoms with van der Waals surface area (Å²) in [4.78, 5) is 28.6. The Morgan fingerprint density at radius 1 is 1.26 bits per heavy atom. The lowest BCUT2D eigenvalue weighted by molar-refractivity contribution is -0.150. The summed E-state index contributed by atoms with van der Waals surface area (Å²) in [5, 5.41) is 7.71. The highest BCUT2D eigenvalue weighted by molar-refractivity contribution is 6.02. The van der Waals surface area contributed by atoms with Crippen molar-refractivity contribution in [3.63, 3.8) is 0 Å². The van der Waals surface area contributed by atoms with Gasteiger partial charge in [-0.2, -0.15) is 5.10 Å². The van der Waals surface area contributed by atoms with Gasteiger partial charge in [0.2, 0.25) is 0 Å². The van der Waals surface area contributed by atoms with Crippen molar-refractivity contribution in [2.75, 3.05) is 12.3 Å². The molecule has 9 heteroatoms. The fraction of sp³-hybridized carbons (Fsp3) is 0.364. The molecule has 1 aromatic carbocycles. The Hall–Kier alpha value is -3.46. The standard InChI is InChI=1S/C22H26N6O3/c1-22(2,13-6-4-3-5-7-13)21(30)31-11-14-8-9-16(27-14)17-10-15(20(24)29)18-19(23)25-12-26-28(17)18/h3-7,10,12,14,16,27H,8-9,11H2,1-2H3,(H2,24,29)(H2,23,25,26)/t14-,16+/m0/s1. The molecule has 0 spiro atoms. The van der Waals surface area contributed by atoms with Gasteiger partial charge in [0, 0.05) is 12.1 Å². The fourth-order valence-corrected chi connectivity index (χ4v) is 4.04. The predicted molar refractivity (Wildman–Crippen MR) is 115 cm³/mol. The van der Waals surface area contributed by atoms with Crippen LogP contribution < -0.4 is 16.8 Å². The van der Waals surface area contributed by atoms with Crippen molar-refractivity contribution in [2.24, 2.45) is 5.73 Å². The van der Waals surface area contributed by atoms with E-state index in [1.807, 2.05) is 44.2 Å². The largest absolute Gasteiger partial charge is 0.463 e. The SMILES string of the molecule is CC(C)(C(=O)OC[C@@H]1CC[C@H](c2cc(C(N)=O)c3c(N)ncnn23)N1)c1ccccc1. The molecule has 1 saturated heterocycles. The first-order chi connectivity index (χ1) is 14.8. The third-order valence-corrected chi connectivity index (χ3v) is 5.89. The van der Waals surface area contributed by atoms with Gasteiger partial charge in [-0.3, -0.25) is 9.59 Å². The van der Waals surface area contributed by atoms with Gasteiger partial charge < -0.3 is 21.5 Å². The number of aromatic nitrogens is 3. The van der Waals surface area contributed by atoms with Crippen molar-refractivity contribution in [3.8, 4) is 0 Å². The third-order valence-electron chi connectivity index (χ3n) is 5.89. The molecule has 0 bridgehead atoms. The molecule has 1 aliphatic heterocycles. The molecule has 31 heavy (non-hydrogen) atoms. The first-order valence-electron chi connectivity index (χ1n) is 10.2. The van der Waals surface area contributed by atoms with Crippen LogP contribution >= 0.6 is 0 Å². The first-order valence-corrected chi connectivity index (χ1v) is 10.2. The van der Waals surface area contributed by atoms with Crippen LogP contribution in [0.5, 0.6) is 0 Å². The highest BCUT2D eigenvalue weighted by Gasteiger charge is 2.34. The molecule has 2 aromatic heterocycles. The van der Waals surface area contributed by atoms with E-state index in [0.717, 1.165) is 24.1 Å². The molecule has 9 nitrogen and oxygen atoms in total. The number of esters is 1. The topological polar surface area (TPSA) is 138 Å². The monoisotopic (exact) mass is 422 g/mol. The quantitative estimate of drug-likeness (QED) is 0.514. The normalized spacial score (nSPS) is 18.9. The van der Waals surface area contributed by atoms with Gasteiger partial charge in [-0.25, -0.2) is 9.50 Å². The van der Waals surface area contributed by atoms with Crippen molar-refractivity contribution in [1.82, 2.24) is 19.9 Å². The second-order valence-corrected chi connectivity index (χ2v) is 8.34. The van der Waals surface area contributed by atoms with Crippen LogP contribution in [0.15, 0.2) is 42.7 Å². The zero-order valence-corrected chi connectivity index (χ0v) is 17.5. The van der Waals surface area contributed by atoms with Gasteiger partial charge in [0.25, 0.3) is 5.91 Å². The molecule has 0 aliphatic carbocycles. The molecule has 2 atom stereocenters. The fourth-order valence-electron chi connectivity index (χ4n) is 4.04. The van der Waals surface area contributed by atoms with Crippen molar-refractivity contribution >= 4 is 23.2 Å². The van der Waals surface area contributed by atoms with E-state index in [1.54, 1.807) is 10.6 Å². The summed E-state index contributed by atoms with van der Waals surface area (Å²) < 4.78 is 7.26. The van der Waals surface area contributed by atoms with Gasteiger partial charge >= 0.3 is 5.97 Å². The summed E-state index contributed by atoms with van der Waals surface area (Å²) in [7, 11) is 0. The number of nitrogens with one attached hydrogen (secondary N) is 1. The summed E-state index contributed by atoms with van der Waals surface area (Å²) >= 11 is 0. The Morgan fingerprint density at radius 3 is 2.71 bits per heavy atom. The first kappa shape index (κ1) is 20.8. The lowest BCUT2D eigenvalue weighted by Crippen LogP contribution is -2.36. The number of hydrogen-bond donors (Lipinski definition) is 3. The second kappa shape index (κ2) is 7.99. The van der Waals surface area contributed by atoms with Gasteiger partial charge in [0.05, 0.1) is 16.7 Å². The van der Waals surface area contributed by atoms with E-state index in [1.165, 1.54) is 6.33 Å². The van der Waals surface area contributed by atoms with Crippen LogP contribution in [0, 0.1) is 0 Å². The number of anilines is 1. The number of carbonyl (C=O) groups excluding carboxylic acids is 2. The zero-order chi connectivity index (χ0) is 22.2. The molecule has 0 unspecified atom stereocenters. The number of hydrogen-bond acceptors (Lipinski definition) is 7. The van der Waals surface area contributed by atoms with E-state index >= 15 is 0 Å². The van der Waals surface area contributed by atoms with Gasteiger partial charge in [-0.15, -0.1) is 0 Å². The molecule has 0 radical (unpaired) electrons. The minimum atomic E-state index is -0.734. The maximum atomic E-state index is 12.7. The maximum Gasteiger partial charge on any atom is 0.316 e. The number of amides is 1. The minimum Gasteiger partial charge on any atom is -0.463 e. The average Bonchev–Trinajstić information content (AvgIpc) is 3.38. The lowest BCUT2D eigenvalue weighted by Gasteiger charge is -2.24. The van der Waals surface area contributed by atoms with Crippen molar-refractivity contribution in [1.29, 1.82) is 0 Å². The van der Waals surface area contributed by atoms with E-state index < -0.39 is 11.3 Å². The van der Waals surface area contributed by atoms with E-state index in [9.17, 15) is 9.59 Å². The van der Waals surface area contributed by atoms with E-state index in [2.05, 4.69) is 15.4 Å². The van der Waals surface area contributed by atoms with Gasteiger partial charge in [-0.1, -0.05) is 30.3 Å². The van der Waals surface area contributed by atoms with Crippen molar-refractivity contribution in [3.05, 3.63) is 59.5 Å². The highest BCUT2D eigenvalue weighted by Crippen LogP contribution is 2.31. The molecule has 1 aliphatic rings. The third kappa shape index (κ3) is 3.84. The Balaban J connectivity index is 1.45. The number of rotatable bonds is 6. The molecular formula is C22H26N6O3. The van der Waals surface area contributed by atoms with Gasteiger partial charge in [-0.05, 0) is 38.3 Å². The van der Waals surface area contributed by atoms with Crippen LogP contribution in [-0.4, -0.2) is 39.1 Å². The molecule has 5 N–H and O–H groups in total. The summed E-state index contributed by atoms with van der Waals surface area (Å²) in [6, 6.07) is 11.2. The van der Waals surface area contributed by atoms with Gasteiger partial charge in [0.1, 0.15) is 18.5 Å². The number of carbonyl (C=O) groups is 2. The number of benzene rings is 1. The summed E-state index contributed by atoms with van der Waals surface area (Å²) in [6.07, 6.45) is 2.94.